The summed E-state index contributed by atoms with van der Waals surface area (Å²) in [5, 5.41) is 9.13. The first-order valence-corrected chi connectivity index (χ1v) is 7.30. The molecule has 2 rings (SSSR count). The highest BCUT2D eigenvalue weighted by atomic mass is 79.9. The van der Waals surface area contributed by atoms with Crippen LogP contribution in [0.1, 0.15) is 31.2 Å². The largest absolute Gasteiger partial charge is 0.365 e. The Hall–Kier alpha value is -1.86. The molecule has 0 heterocycles. The molecule has 0 unspecified atom stereocenters. The zero-order chi connectivity index (χ0) is 14.5. The molecule has 3 nitrogen and oxygen atoms in total. The minimum Gasteiger partial charge on any atom is -0.365 e. The van der Waals surface area contributed by atoms with Crippen LogP contribution in [0.4, 0.5) is 0 Å². The van der Waals surface area contributed by atoms with E-state index < -0.39 is 5.91 Å². The van der Waals surface area contributed by atoms with Gasteiger partial charge in [-0.25, -0.2) is 0 Å². The Morgan fingerprint density at radius 2 is 2.10 bits per heavy atom. The first-order valence-electron chi connectivity index (χ1n) is 6.51. The quantitative estimate of drug-likeness (QED) is 0.663. The smallest absolute Gasteiger partial charge is 0.259 e. The molecule has 102 valence electrons. The highest BCUT2D eigenvalue weighted by Gasteiger charge is 2.19. The van der Waals surface area contributed by atoms with Crippen LogP contribution in [0.25, 0.3) is 6.08 Å². The Kier molecular flexibility index (Phi) is 4.75. The SMILES string of the molecule is N#C/C(C(N)=O)=C1\CCCC\C1=C/c1cccc(Br)c1. The van der Waals surface area contributed by atoms with E-state index in [0.717, 1.165) is 46.9 Å². The van der Waals surface area contributed by atoms with Gasteiger partial charge in [-0.05, 0) is 54.5 Å². The molecule has 0 bridgehead atoms. The van der Waals surface area contributed by atoms with Crippen LogP contribution in [-0.2, 0) is 4.79 Å². The number of hydrogen-bond donors (Lipinski definition) is 1. The van der Waals surface area contributed by atoms with Crippen molar-refractivity contribution in [2.45, 2.75) is 25.7 Å². The number of carbonyl (C=O) groups is 1. The van der Waals surface area contributed by atoms with E-state index in [0.29, 0.717) is 0 Å². The summed E-state index contributed by atoms with van der Waals surface area (Å²) in [6.07, 6.45) is 5.72. The maximum absolute atomic E-state index is 11.4. The van der Waals surface area contributed by atoms with Gasteiger partial charge in [-0.2, -0.15) is 5.26 Å². The highest BCUT2D eigenvalue weighted by molar-refractivity contribution is 9.10. The second kappa shape index (κ2) is 6.53. The lowest BCUT2D eigenvalue weighted by atomic mass is 9.85. The second-order valence-electron chi connectivity index (χ2n) is 4.76. The predicted octanol–water partition coefficient (Wildman–Crippen LogP) is 3.71. The van der Waals surface area contributed by atoms with Gasteiger partial charge in [-0.3, -0.25) is 4.79 Å². The number of halogens is 1. The van der Waals surface area contributed by atoms with E-state index in [1.165, 1.54) is 0 Å². The van der Waals surface area contributed by atoms with Crippen molar-refractivity contribution in [3.05, 3.63) is 51.0 Å². The summed E-state index contributed by atoms with van der Waals surface area (Å²) in [7, 11) is 0. The maximum atomic E-state index is 11.4. The number of hydrogen-bond acceptors (Lipinski definition) is 2. The molecule has 1 amide bonds. The van der Waals surface area contributed by atoms with Gasteiger partial charge in [0.05, 0.1) is 0 Å². The van der Waals surface area contributed by atoms with Gasteiger partial charge in [0, 0.05) is 4.47 Å². The summed E-state index contributed by atoms with van der Waals surface area (Å²) in [6.45, 7) is 0. The maximum Gasteiger partial charge on any atom is 0.259 e. The molecule has 1 saturated carbocycles. The number of primary amides is 1. The van der Waals surface area contributed by atoms with Crippen LogP contribution in [0.5, 0.6) is 0 Å². The molecule has 1 fully saturated rings. The minimum absolute atomic E-state index is 0.103. The molecule has 0 saturated heterocycles. The van der Waals surface area contributed by atoms with Crippen molar-refractivity contribution >= 4 is 27.9 Å². The van der Waals surface area contributed by atoms with Crippen LogP contribution in [0.3, 0.4) is 0 Å². The van der Waals surface area contributed by atoms with Crippen molar-refractivity contribution in [3.63, 3.8) is 0 Å². The summed E-state index contributed by atoms with van der Waals surface area (Å²) in [4.78, 5) is 11.4. The Balaban J connectivity index is 2.47. The van der Waals surface area contributed by atoms with E-state index in [4.69, 9.17) is 11.0 Å². The van der Waals surface area contributed by atoms with Gasteiger partial charge in [-0.15, -0.1) is 0 Å². The molecule has 1 aliphatic carbocycles. The predicted molar refractivity (Wildman–Crippen MR) is 82.4 cm³/mol. The molecule has 20 heavy (non-hydrogen) atoms. The van der Waals surface area contributed by atoms with E-state index in [9.17, 15) is 4.79 Å². The summed E-state index contributed by atoms with van der Waals surface area (Å²) in [6, 6.07) is 9.89. The van der Waals surface area contributed by atoms with Crippen molar-refractivity contribution in [2.75, 3.05) is 0 Å². The van der Waals surface area contributed by atoms with E-state index in [1.54, 1.807) is 0 Å². The van der Waals surface area contributed by atoms with Crippen LogP contribution in [-0.4, -0.2) is 5.91 Å². The Labute approximate surface area is 126 Å². The molecule has 0 radical (unpaired) electrons. The van der Waals surface area contributed by atoms with Crippen molar-refractivity contribution in [1.82, 2.24) is 0 Å². The van der Waals surface area contributed by atoms with E-state index in [2.05, 4.69) is 15.9 Å². The Morgan fingerprint density at radius 1 is 1.35 bits per heavy atom. The lowest BCUT2D eigenvalue weighted by Crippen LogP contribution is -2.16. The normalized spacial score (nSPS) is 19.5. The molecule has 0 atom stereocenters. The molecule has 0 aromatic heterocycles. The van der Waals surface area contributed by atoms with E-state index in [1.807, 2.05) is 36.4 Å². The third kappa shape index (κ3) is 3.37. The van der Waals surface area contributed by atoms with Crippen LogP contribution in [0.15, 0.2) is 45.5 Å². The molecular formula is C16H15BrN2O. The minimum atomic E-state index is -0.635. The van der Waals surface area contributed by atoms with Gasteiger partial charge in [0.1, 0.15) is 11.6 Å². The lowest BCUT2D eigenvalue weighted by Gasteiger charge is -2.19. The number of nitriles is 1. The fraction of sp³-hybridized carbons (Fsp3) is 0.250. The molecular weight excluding hydrogens is 316 g/mol. The molecule has 1 aliphatic rings. The van der Waals surface area contributed by atoms with Gasteiger partial charge >= 0.3 is 0 Å². The first-order chi connectivity index (χ1) is 9.61. The van der Waals surface area contributed by atoms with Gasteiger partial charge in [0.25, 0.3) is 5.91 Å². The molecule has 1 aromatic carbocycles. The van der Waals surface area contributed by atoms with Gasteiger partial charge < -0.3 is 5.73 Å². The molecule has 0 spiro atoms. The van der Waals surface area contributed by atoms with Crippen molar-refractivity contribution in [2.24, 2.45) is 5.73 Å². The van der Waals surface area contributed by atoms with Crippen molar-refractivity contribution < 1.29 is 4.79 Å². The highest BCUT2D eigenvalue weighted by Crippen LogP contribution is 2.32. The van der Waals surface area contributed by atoms with Crippen LogP contribution in [0, 0.1) is 11.3 Å². The first kappa shape index (κ1) is 14.5. The number of amides is 1. The van der Waals surface area contributed by atoms with E-state index in [-0.39, 0.29) is 5.57 Å². The fourth-order valence-corrected chi connectivity index (χ4v) is 2.86. The number of benzene rings is 1. The zero-order valence-corrected chi connectivity index (χ0v) is 12.6. The van der Waals surface area contributed by atoms with Crippen LogP contribution in [0.2, 0.25) is 0 Å². The van der Waals surface area contributed by atoms with Gasteiger partial charge in [-0.1, -0.05) is 34.1 Å². The monoisotopic (exact) mass is 330 g/mol. The average molecular weight is 331 g/mol. The molecule has 1 aromatic rings. The fourth-order valence-electron chi connectivity index (χ4n) is 2.44. The van der Waals surface area contributed by atoms with Crippen molar-refractivity contribution in [3.8, 4) is 6.07 Å². The lowest BCUT2D eigenvalue weighted by molar-refractivity contribution is -0.114. The van der Waals surface area contributed by atoms with Crippen molar-refractivity contribution in [1.29, 1.82) is 5.26 Å². The molecule has 0 aliphatic heterocycles. The Morgan fingerprint density at radius 3 is 2.75 bits per heavy atom. The number of nitrogens with zero attached hydrogens (tertiary/aromatic N) is 1. The second-order valence-corrected chi connectivity index (χ2v) is 5.68. The third-order valence-electron chi connectivity index (χ3n) is 3.36. The summed E-state index contributed by atoms with van der Waals surface area (Å²) in [5.74, 6) is -0.635. The van der Waals surface area contributed by atoms with Gasteiger partial charge in [0.2, 0.25) is 0 Å². The third-order valence-corrected chi connectivity index (χ3v) is 3.85. The Bertz CT molecular complexity index is 638. The summed E-state index contributed by atoms with van der Waals surface area (Å²) < 4.78 is 1.00. The topological polar surface area (TPSA) is 66.9 Å². The molecule has 2 N–H and O–H groups in total. The van der Waals surface area contributed by atoms with E-state index >= 15 is 0 Å². The number of rotatable bonds is 2. The summed E-state index contributed by atoms with van der Waals surface area (Å²) in [5.41, 5.74) is 8.32. The van der Waals surface area contributed by atoms with Crippen LogP contribution >= 0.6 is 15.9 Å². The number of nitrogens with two attached hydrogens (primary N) is 1. The number of allylic oxidation sites excluding steroid dienone is 2. The average Bonchev–Trinajstić information content (AvgIpc) is 2.41. The van der Waals surface area contributed by atoms with Crippen LogP contribution < -0.4 is 5.73 Å². The number of carbonyl (C=O) groups excluding carboxylic acids is 1. The zero-order valence-electron chi connectivity index (χ0n) is 11.0. The molecule has 4 heteroatoms. The van der Waals surface area contributed by atoms with Gasteiger partial charge in [0.15, 0.2) is 0 Å². The summed E-state index contributed by atoms with van der Waals surface area (Å²) >= 11 is 3.44. The standard InChI is InChI=1S/C16H15BrN2O/c17-13-6-3-4-11(9-13)8-12-5-1-2-7-14(12)15(10-18)16(19)20/h3-4,6,8-9H,1-2,5,7H2,(H2,19,20)/b12-8+,15-14-.